The van der Waals surface area contributed by atoms with Crippen molar-refractivity contribution in [2.24, 2.45) is 5.92 Å². The van der Waals surface area contributed by atoms with Crippen LogP contribution < -0.4 is 9.97 Å². The summed E-state index contributed by atoms with van der Waals surface area (Å²) in [5.74, 6) is -3.16. The predicted molar refractivity (Wildman–Crippen MR) is 106 cm³/mol. The van der Waals surface area contributed by atoms with Crippen molar-refractivity contribution in [2.45, 2.75) is 58.1 Å². The molecule has 8 nitrogen and oxygen atoms in total. The molecule has 1 aliphatic heterocycles. The predicted octanol–water partition coefficient (Wildman–Crippen LogP) is 2.56. The maximum atomic E-state index is 12.4. The van der Waals surface area contributed by atoms with Crippen LogP contribution in [-0.2, 0) is 25.5 Å². The smallest absolute Gasteiger partial charge is 0.534 e. The Bertz CT molecular complexity index is 834. The van der Waals surface area contributed by atoms with E-state index in [1.165, 1.54) is 6.07 Å². The number of ether oxygens (including phenoxy) is 2. The number of hydrogen-bond acceptors (Lipinski definition) is 7. The van der Waals surface area contributed by atoms with E-state index in [9.17, 15) is 32.6 Å². The maximum Gasteiger partial charge on any atom is 0.547 e. The first kappa shape index (κ1) is 25.5. The lowest BCUT2D eigenvalue weighted by Crippen LogP contribution is -2.53. The second kappa shape index (κ2) is 11.2. The van der Waals surface area contributed by atoms with Gasteiger partial charge < -0.3 is 24.5 Å². The minimum Gasteiger partial charge on any atom is -0.534 e. The van der Waals surface area contributed by atoms with Crippen LogP contribution in [-0.4, -0.2) is 48.9 Å². The summed E-state index contributed by atoms with van der Waals surface area (Å²) in [6, 6.07) is 4.56. The molecule has 0 fully saturated rings. The minimum atomic E-state index is -4.34. The van der Waals surface area contributed by atoms with Crippen LogP contribution in [0.5, 0.6) is 5.75 Å². The average molecular weight is 459 g/mol. The van der Waals surface area contributed by atoms with Crippen molar-refractivity contribution in [1.29, 1.82) is 0 Å². The summed E-state index contributed by atoms with van der Waals surface area (Å²) in [6.07, 6.45) is -5.48. The van der Waals surface area contributed by atoms with Gasteiger partial charge in [0.05, 0.1) is 11.9 Å². The van der Waals surface area contributed by atoms with Crippen molar-refractivity contribution in [3.05, 3.63) is 29.3 Å². The molecule has 32 heavy (non-hydrogen) atoms. The van der Waals surface area contributed by atoms with Crippen LogP contribution in [0.2, 0.25) is 0 Å². The van der Waals surface area contributed by atoms with E-state index in [4.69, 9.17) is 14.1 Å². The molecule has 1 unspecified atom stereocenters. The molecule has 0 bridgehead atoms. The van der Waals surface area contributed by atoms with Gasteiger partial charge >= 0.3 is 25.2 Å². The largest absolute Gasteiger partial charge is 0.547 e. The van der Waals surface area contributed by atoms with Gasteiger partial charge in [-0.1, -0.05) is 26.0 Å². The standard InChI is InChI=1S/C20H25BF3NO7/c1-3-12(2)18(27)30-11-31-19(28)14-7-4-6-13-10-15(21(29)32-17(13)14)25-16(26)8-5-9-20(22,23)24/h4,6-7,12,15,29H,3,5,8-11H2,1-2H3,(H,25,26)/t12?,15-/m0/s1. The van der Waals surface area contributed by atoms with Gasteiger partial charge in [0.25, 0.3) is 0 Å². The van der Waals surface area contributed by atoms with Gasteiger partial charge in [-0.05, 0) is 30.9 Å². The third kappa shape index (κ3) is 7.43. The van der Waals surface area contributed by atoms with E-state index < -0.39 is 50.3 Å². The molecule has 0 aliphatic carbocycles. The monoisotopic (exact) mass is 459 g/mol. The Morgan fingerprint density at radius 3 is 2.69 bits per heavy atom. The van der Waals surface area contributed by atoms with E-state index in [1.54, 1.807) is 19.1 Å². The summed E-state index contributed by atoms with van der Waals surface area (Å²) in [7, 11) is -1.52. The number of carbonyl (C=O) groups is 3. The summed E-state index contributed by atoms with van der Waals surface area (Å²) >= 11 is 0. The van der Waals surface area contributed by atoms with Crippen LogP contribution in [0, 0.1) is 5.92 Å². The molecule has 0 spiro atoms. The first-order chi connectivity index (χ1) is 15.0. The van der Waals surface area contributed by atoms with E-state index in [2.05, 4.69) is 5.32 Å². The average Bonchev–Trinajstić information content (AvgIpc) is 2.72. The molecule has 176 valence electrons. The summed E-state index contributed by atoms with van der Waals surface area (Å²) in [5, 5.41) is 12.7. The third-order valence-corrected chi connectivity index (χ3v) is 4.96. The first-order valence-corrected chi connectivity index (χ1v) is 10.2. The molecule has 1 heterocycles. The summed E-state index contributed by atoms with van der Waals surface area (Å²) in [6.45, 7) is 2.92. The fourth-order valence-electron chi connectivity index (χ4n) is 2.96. The summed E-state index contributed by atoms with van der Waals surface area (Å²) < 4.78 is 51.8. The number of hydrogen-bond donors (Lipinski definition) is 2. The zero-order valence-corrected chi connectivity index (χ0v) is 17.7. The number of fused-ring (bicyclic) bond motifs is 1. The summed E-state index contributed by atoms with van der Waals surface area (Å²) in [5.41, 5.74) is 0.484. The van der Waals surface area contributed by atoms with Crippen LogP contribution in [0.1, 0.15) is 55.5 Å². The highest BCUT2D eigenvalue weighted by molar-refractivity contribution is 6.47. The third-order valence-electron chi connectivity index (χ3n) is 4.96. The number of nitrogens with one attached hydrogen (secondary N) is 1. The molecular formula is C20H25BF3NO7. The maximum absolute atomic E-state index is 12.4. The lowest BCUT2D eigenvalue weighted by molar-refractivity contribution is -0.156. The molecule has 0 aromatic heterocycles. The molecule has 1 aromatic rings. The molecule has 2 rings (SSSR count). The van der Waals surface area contributed by atoms with Crippen LogP contribution in [0.15, 0.2) is 18.2 Å². The van der Waals surface area contributed by atoms with E-state index >= 15 is 0 Å². The van der Waals surface area contributed by atoms with E-state index in [0.717, 1.165) is 0 Å². The number of halogens is 3. The van der Waals surface area contributed by atoms with Crippen LogP contribution in [0.25, 0.3) is 0 Å². The second-order valence-corrected chi connectivity index (χ2v) is 7.47. The highest BCUT2D eigenvalue weighted by atomic mass is 19.4. The zero-order chi connectivity index (χ0) is 23.9. The Morgan fingerprint density at radius 2 is 2.03 bits per heavy atom. The Hall–Kier alpha value is -2.76. The van der Waals surface area contributed by atoms with Gasteiger partial charge in [0.2, 0.25) is 12.7 Å². The van der Waals surface area contributed by atoms with Crippen LogP contribution in [0.4, 0.5) is 13.2 Å². The quantitative estimate of drug-likeness (QED) is 0.332. The molecule has 0 radical (unpaired) electrons. The van der Waals surface area contributed by atoms with Crippen molar-refractivity contribution in [3.63, 3.8) is 0 Å². The highest BCUT2D eigenvalue weighted by Crippen LogP contribution is 2.31. The molecule has 2 N–H and O–H groups in total. The second-order valence-electron chi connectivity index (χ2n) is 7.47. The number of carbonyl (C=O) groups excluding carboxylic acids is 3. The van der Waals surface area contributed by atoms with Crippen molar-refractivity contribution >= 4 is 25.0 Å². The van der Waals surface area contributed by atoms with E-state index in [-0.39, 0.29) is 36.5 Å². The lowest BCUT2D eigenvalue weighted by atomic mass is 9.72. The van der Waals surface area contributed by atoms with Gasteiger partial charge in [0.1, 0.15) is 11.3 Å². The molecule has 0 saturated carbocycles. The van der Waals surface area contributed by atoms with E-state index in [1.807, 2.05) is 6.92 Å². The van der Waals surface area contributed by atoms with Gasteiger partial charge in [-0.2, -0.15) is 13.2 Å². The Morgan fingerprint density at radius 1 is 1.31 bits per heavy atom. The van der Waals surface area contributed by atoms with Crippen LogP contribution in [0.3, 0.4) is 0 Å². The number of para-hydroxylation sites is 1. The van der Waals surface area contributed by atoms with Gasteiger partial charge in [0, 0.05) is 12.8 Å². The van der Waals surface area contributed by atoms with Crippen molar-refractivity contribution < 1.29 is 46.7 Å². The topological polar surface area (TPSA) is 111 Å². The number of benzene rings is 1. The number of alkyl halides is 3. The number of esters is 2. The van der Waals surface area contributed by atoms with Gasteiger partial charge in [-0.15, -0.1) is 0 Å². The molecule has 1 aromatic carbocycles. The SMILES string of the molecule is CCC(C)C(=O)OCOC(=O)c1cccc2c1OB(O)[C@@H](NC(=O)CCCC(F)(F)F)C2. The molecule has 1 aliphatic rings. The molecule has 0 saturated heterocycles. The lowest BCUT2D eigenvalue weighted by Gasteiger charge is -2.29. The normalized spacial score (nSPS) is 16.4. The Labute approximate surface area is 183 Å². The number of rotatable bonds is 9. The summed E-state index contributed by atoms with van der Waals surface area (Å²) in [4.78, 5) is 35.9. The fraction of sp³-hybridized carbons (Fsp3) is 0.550. The van der Waals surface area contributed by atoms with Gasteiger partial charge in [0.15, 0.2) is 0 Å². The molecule has 1 amide bonds. The molecule has 2 atom stereocenters. The van der Waals surface area contributed by atoms with Crippen molar-refractivity contribution in [2.75, 3.05) is 6.79 Å². The molecule has 12 heteroatoms. The van der Waals surface area contributed by atoms with Crippen LogP contribution >= 0.6 is 0 Å². The Kier molecular flexibility index (Phi) is 8.94. The number of amides is 1. The van der Waals surface area contributed by atoms with Gasteiger partial charge in [-0.25, -0.2) is 4.79 Å². The Balaban J connectivity index is 1.95. The van der Waals surface area contributed by atoms with Crippen molar-refractivity contribution in [3.8, 4) is 5.75 Å². The van der Waals surface area contributed by atoms with E-state index in [0.29, 0.717) is 12.0 Å². The fourth-order valence-corrected chi connectivity index (χ4v) is 2.96. The minimum absolute atomic E-state index is 0.00362. The first-order valence-electron chi connectivity index (χ1n) is 10.2. The molecular weight excluding hydrogens is 434 g/mol. The van der Waals surface area contributed by atoms with Gasteiger partial charge in [-0.3, -0.25) is 9.59 Å². The van der Waals surface area contributed by atoms with Crippen molar-refractivity contribution in [1.82, 2.24) is 5.32 Å². The highest BCUT2D eigenvalue weighted by Gasteiger charge is 2.38. The zero-order valence-electron chi connectivity index (χ0n) is 17.7.